The summed E-state index contributed by atoms with van der Waals surface area (Å²) in [4.78, 5) is 13.4. The largest absolute Gasteiger partial charge is 0.437 e. The highest BCUT2D eigenvalue weighted by Crippen LogP contribution is 2.34. The van der Waals surface area contributed by atoms with Crippen molar-refractivity contribution in [3.8, 4) is 11.6 Å². The molecule has 1 aromatic heterocycles. The summed E-state index contributed by atoms with van der Waals surface area (Å²) in [6, 6.07) is 4.34. The third-order valence-electron chi connectivity index (χ3n) is 2.18. The zero-order chi connectivity index (χ0) is 14.9. The maximum absolute atomic E-state index is 13.4. The minimum atomic E-state index is -1.04. The molecule has 0 amide bonds. The SMILES string of the molecule is O=[N+]([O-])c1ccc(Oc2nc(Cl)c(Cl)cc2Cl)cc1F. The number of nitrogens with zero attached hydrogens (tertiary/aromatic N) is 2. The first kappa shape index (κ1) is 14.8. The van der Waals surface area contributed by atoms with Crippen LogP contribution in [0.5, 0.6) is 11.6 Å². The van der Waals surface area contributed by atoms with Crippen LogP contribution in [0.4, 0.5) is 10.1 Å². The second-order valence-corrected chi connectivity index (χ2v) is 4.69. The van der Waals surface area contributed by atoms with Crippen LogP contribution in [0.1, 0.15) is 0 Å². The summed E-state index contributed by atoms with van der Waals surface area (Å²) in [6.45, 7) is 0. The normalized spacial score (nSPS) is 10.4. The van der Waals surface area contributed by atoms with E-state index in [9.17, 15) is 14.5 Å². The Bertz CT molecular complexity index is 697. The summed E-state index contributed by atoms with van der Waals surface area (Å²) in [5.41, 5.74) is -0.662. The molecule has 0 aliphatic heterocycles. The number of pyridine rings is 1. The third kappa shape index (κ3) is 3.09. The second-order valence-electron chi connectivity index (χ2n) is 3.52. The number of hydrogen-bond donors (Lipinski definition) is 0. The van der Waals surface area contributed by atoms with Crippen LogP contribution in [0.2, 0.25) is 15.2 Å². The predicted molar refractivity (Wildman–Crippen MR) is 72.4 cm³/mol. The van der Waals surface area contributed by atoms with Gasteiger partial charge < -0.3 is 4.74 Å². The lowest BCUT2D eigenvalue weighted by Crippen LogP contribution is -1.94. The molecule has 0 saturated heterocycles. The Hall–Kier alpha value is -1.63. The molecule has 0 unspecified atom stereocenters. The summed E-state index contributed by atoms with van der Waals surface area (Å²) in [6.07, 6.45) is 0. The molecular weight excluding hydrogens is 333 g/mol. The van der Waals surface area contributed by atoms with Gasteiger partial charge in [-0.05, 0) is 12.1 Å². The number of hydrogen-bond acceptors (Lipinski definition) is 4. The van der Waals surface area contributed by atoms with Crippen molar-refractivity contribution in [1.29, 1.82) is 0 Å². The van der Waals surface area contributed by atoms with Gasteiger partial charge in [-0.2, -0.15) is 9.37 Å². The molecule has 0 fully saturated rings. The van der Waals surface area contributed by atoms with Gasteiger partial charge in [0, 0.05) is 12.1 Å². The smallest absolute Gasteiger partial charge is 0.305 e. The van der Waals surface area contributed by atoms with Gasteiger partial charge in [-0.3, -0.25) is 10.1 Å². The Balaban J connectivity index is 2.33. The average Bonchev–Trinajstić information content (AvgIpc) is 2.35. The predicted octanol–water partition coefficient (Wildman–Crippen LogP) is 4.88. The lowest BCUT2D eigenvalue weighted by Gasteiger charge is -2.07. The number of ether oxygens (including phenoxy) is 1. The second kappa shape index (κ2) is 5.78. The minimum absolute atomic E-state index is 0.0131. The van der Waals surface area contributed by atoms with Gasteiger partial charge in [0.25, 0.3) is 0 Å². The van der Waals surface area contributed by atoms with E-state index in [4.69, 9.17) is 39.5 Å². The maximum Gasteiger partial charge on any atom is 0.305 e. The van der Waals surface area contributed by atoms with E-state index < -0.39 is 16.4 Å². The lowest BCUT2D eigenvalue weighted by molar-refractivity contribution is -0.387. The molecule has 0 aliphatic carbocycles. The average molecular weight is 338 g/mol. The van der Waals surface area contributed by atoms with Crippen molar-refractivity contribution >= 4 is 40.5 Å². The quantitative estimate of drug-likeness (QED) is 0.455. The molecule has 2 rings (SSSR count). The summed E-state index contributed by atoms with van der Waals surface area (Å²) < 4.78 is 18.6. The first-order chi connectivity index (χ1) is 9.38. The van der Waals surface area contributed by atoms with E-state index in [1.165, 1.54) is 12.1 Å². The van der Waals surface area contributed by atoms with Crippen LogP contribution < -0.4 is 4.74 Å². The van der Waals surface area contributed by atoms with Crippen LogP contribution >= 0.6 is 34.8 Å². The van der Waals surface area contributed by atoms with E-state index in [0.29, 0.717) is 0 Å². The van der Waals surface area contributed by atoms with Gasteiger partial charge in [0.05, 0.1) is 9.95 Å². The highest BCUT2D eigenvalue weighted by atomic mass is 35.5. The summed E-state index contributed by atoms with van der Waals surface area (Å²) in [7, 11) is 0. The maximum atomic E-state index is 13.4. The fourth-order valence-corrected chi connectivity index (χ4v) is 1.84. The molecule has 0 radical (unpaired) electrons. The van der Waals surface area contributed by atoms with Gasteiger partial charge in [0.15, 0.2) is 5.15 Å². The van der Waals surface area contributed by atoms with Crippen LogP contribution in [0, 0.1) is 15.9 Å². The Morgan fingerprint density at radius 2 is 1.90 bits per heavy atom. The van der Waals surface area contributed by atoms with Crippen molar-refractivity contribution in [1.82, 2.24) is 4.98 Å². The lowest BCUT2D eigenvalue weighted by atomic mass is 10.3. The van der Waals surface area contributed by atoms with E-state index >= 15 is 0 Å². The topological polar surface area (TPSA) is 65.3 Å². The van der Waals surface area contributed by atoms with Crippen molar-refractivity contribution in [2.45, 2.75) is 0 Å². The minimum Gasteiger partial charge on any atom is -0.437 e. The van der Waals surface area contributed by atoms with Crippen molar-refractivity contribution < 1.29 is 14.1 Å². The van der Waals surface area contributed by atoms with Gasteiger partial charge >= 0.3 is 5.69 Å². The molecule has 5 nitrogen and oxygen atoms in total. The summed E-state index contributed by atoms with van der Waals surface area (Å²) in [5, 5.41) is 10.7. The zero-order valence-electron chi connectivity index (χ0n) is 9.44. The van der Waals surface area contributed by atoms with Crippen molar-refractivity contribution in [3.63, 3.8) is 0 Å². The Morgan fingerprint density at radius 1 is 1.20 bits per heavy atom. The molecule has 0 saturated carbocycles. The number of benzene rings is 1. The molecule has 104 valence electrons. The van der Waals surface area contributed by atoms with Gasteiger partial charge in [0.1, 0.15) is 10.8 Å². The standard InChI is InChI=1S/C11H4Cl3FN2O3/c12-6-4-7(13)11(16-10(6)14)20-5-1-2-9(17(18)19)8(15)3-5/h1-4H. The highest BCUT2D eigenvalue weighted by Gasteiger charge is 2.16. The van der Waals surface area contributed by atoms with Gasteiger partial charge in [0.2, 0.25) is 11.7 Å². The molecule has 0 atom stereocenters. The van der Waals surface area contributed by atoms with Crippen LogP contribution in [0.3, 0.4) is 0 Å². The molecular formula is C11H4Cl3FN2O3. The number of halogens is 4. The third-order valence-corrected chi connectivity index (χ3v) is 3.13. The number of nitro benzene ring substituents is 1. The van der Waals surface area contributed by atoms with Crippen molar-refractivity contribution in [2.24, 2.45) is 0 Å². The zero-order valence-corrected chi connectivity index (χ0v) is 11.7. The van der Waals surface area contributed by atoms with E-state index in [1.807, 2.05) is 0 Å². The fourth-order valence-electron chi connectivity index (χ4n) is 1.31. The van der Waals surface area contributed by atoms with E-state index in [1.54, 1.807) is 0 Å². The van der Waals surface area contributed by atoms with Crippen LogP contribution in [-0.2, 0) is 0 Å². The molecule has 0 aliphatic rings. The van der Waals surface area contributed by atoms with Gasteiger partial charge in [-0.1, -0.05) is 34.8 Å². The number of nitro groups is 1. The number of rotatable bonds is 3. The Morgan fingerprint density at radius 3 is 2.50 bits per heavy atom. The summed E-state index contributed by atoms with van der Waals surface area (Å²) in [5.74, 6) is -1.14. The van der Waals surface area contributed by atoms with Crippen molar-refractivity contribution in [3.05, 3.63) is 55.4 Å². The van der Waals surface area contributed by atoms with E-state index in [2.05, 4.69) is 4.98 Å². The van der Waals surface area contributed by atoms with Crippen LogP contribution in [0.15, 0.2) is 24.3 Å². The monoisotopic (exact) mass is 336 g/mol. The Kier molecular flexibility index (Phi) is 4.27. The van der Waals surface area contributed by atoms with Crippen LogP contribution in [-0.4, -0.2) is 9.91 Å². The molecule has 0 spiro atoms. The molecule has 20 heavy (non-hydrogen) atoms. The van der Waals surface area contributed by atoms with Crippen molar-refractivity contribution in [2.75, 3.05) is 0 Å². The Labute approximate surface area is 127 Å². The summed E-state index contributed by atoms with van der Waals surface area (Å²) >= 11 is 17.2. The highest BCUT2D eigenvalue weighted by molar-refractivity contribution is 6.42. The first-order valence-corrected chi connectivity index (χ1v) is 6.15. The molecule has 0 N–H and O–H groups in total. The molecule has 2 aromatic rings. The van der Waals surface area contributed by atoms with Gasteiger partial charge in [-0.15, -0.1) is 0 Å². The molecule has 1 heterocycles. The van der Waals surface area contributed by atoms with Crippen LogP contribution in [0.25, 0.3) is 0 Å². The van der Waals surface area contributed by atoms with Gasteiger partial charge in [-0.25, -0.2) is 0 Å². The fraction of sp³-hybridized carbons (Fsp3) is 0. The van der Waals surface area contributed by atoms with E-state index in [0.717, 1.165) is 12.1 Å². The molecule has 9 heteroatoms. The van der Waals surface area contributed by atoms with E-state index in [-0.39, 0.29) is 26.8 Å². The molecule has 0 bridgehead atoms. The first-order valence-electron chi connectivity index (χ1n) is 5.02. The molecule has 1 aromatic carbocycles. The number of aromatic nitrogens is 1.